The highest BCUT2D eigenvalue weighted by Gasteiger charge is 2.13. The minimum atomic E-state index is -1.12. The number of aromatic nitrogens is 1. The predicted octanol–water partition coefficient (Wildman–Crippen LogP) is 3.64. The number of amides is 1. The van der Waals surface area contributed by atoms with Crippen molar-refractivity contribution < 1.29 is 33.0 Å². The molecule has 0 aliphatic carbocycles. The van der Waals surface area contributed by atoms with Gasteiger partial charge in [-0.05, 0) is 44.2 Å². The van der Waals surface area contributed by atoms with Crippen molar-refractivity contribution in [3.8, 4) is 23.0 Å². The molecule has 2 N–H and O–H groups in total. The van der Waals surface area contributed by atoms with E-state index in [4.69, 9.17) is 19.0 Å². The molecule has 0 unspecified atom stereocenters. The lowest BCUT2D eigenvalue weighted by Crippen LogP contribution is -2.35. The van der Waals surface area contributed by atoms with Gasteiger partial charge in [-0.25, -0.2) is 14.2 Å². The zero-order valence-electron chi connectivity index (χ0n) is 15.8. The van der Waals surface area contributed by atoms with Crippen molar-refractivity contribution in [1.82, 2.24) is 10.3 Å². The molecule has 0 bridgehead atoms. The summed E-state index contributed by atoms with van der Waals surface area (Å²) in [5.74, 6) is -0.165. The summed E-state index contributed by atoms with van der Waals surface area (Å²) in [4.78, 5) is 25.9. The minimum Gasteiger partial charge on any atom is -0.491 e. The Bertz CT molecular complexity index is 1050. The molecule has 0 saturated carbocycles. The van der Waals surface area contributed by atoms with Gasteiger partial charge >= 0.3 is 6.09 Å². The number of fused-ring (bicyclic) bond motifs is 1. The van der Waals surface area contributed by atoms with E-state index in [9.17, 15) is 14.0 Å². The Balaban J connectivity index is 1.75. The van der Waals surface area contributed by atoms with Gasteiger partial charge in [-0.15, -0.1) is 0 Å². The summed E-state index contributed by atoms with van der Waals surface area (Å²) in [5.41, 5.74) is 1.41. The van der Waals surface area contributed by atoms with Gasteiger partial charge < -0.3 is 24.3 Å². The van der Waals surface area contributed by atoms with Gasteiger partial charge in [0, 0.05) is 11.6 Å². The third-order valence-electron chi connectivity index (χ3n) is 3.84. The first-order chi connectivity index (χ1) is 13.8. The summed E-state index contributed by atoms with van der Waals surface area (Å²) in [5, 5.41) is 11.0. The smallest absolute Gasteiger partial charge is 0.404 e. The second kappa shape index (κ2) is 8.59. The van der Waals surface area contributed by atoms with Crippen LogP contribution in [0.5, 0.6) is 11.5 Å². The summed E-state index contributed by atoms with van der Waals surface area (Å²) < 4.78 is 30.6. The topological polar surface area (TPSA) is 111 Å². The normalized spacial score (nSPS) is 11.8. The second-order valence-electron chi connectivity index (χ2n) is 6.45. The van der Waals surface area contributed by atoms with Gasteiger partial charge in [0.2, 0.25) is 5.89 Å². The van der Waals surface area contributed by atoms with Crippen molar-refractivity contribution in [2.45, 2.75) is 19.9 Å². The molecule has 29 heavy (non-hydrogen) atoms. The van der Waals surface area contributed by atoms with Gasteiger partial charge in [-0.3, -0.25) is 4.79 Å². The molecule has 0 saturated heterocycles. The number of hydrogen-bond donors (Lipinski definition) is 2. The third-order valence-corrected chi connectivity index (χ3v) is 3.84. The number of rotatable bonds is 8. The Morgan fingerprint density at radius 1 is 1.24 bits per heavy atom. The number of hydrogen-bond acceptors (Lipinski definition) is 6. The first-order valence-electron chi connectivity index (χ1n) is 8.77. The maximum Gasteiger partial charge on any atom is 0.404 e. The molecule has 1 heterocycles. The lowest BCUT2D eigenvalue weighted by Gasteiger charge is -2.12. The summed E-state index contributed by atoms with van der Waals surface area (Å²) >= 11 is 0. The van der Waals surface area contributed by atoms with Crippen molar-refractivity contribution in [2.24, 2.45) is 0 Å². The van der Waals surface area contributed by atoms with Crippen LogP contribution < -0.4 is 14.8 Å². The Kier molecular flexibility index (Phi) is 5.96. The van der Waals surface area contributed by atoms with Gasteiger partial charge in [0.25, 0.3) is 0 Å². The van der Waals surface area contributed by atoms with Crippen LogP contribution in [0.2, 0.25) is 0 Å². The van der Waals surface area contributed by atoms with Crippen molar-refractivity contribution in [1.29, 1.82) is 0 Å². The van der Waals surface area contributed by atoms with Crippen molar-refractivity contribution in [3.05, 3.63) is 42.2 Å². The average molecular weight is 402 g/mol. The van der Waals surface area contributed by atoms with Gasteiger partial charge in [0.15, 0.2) is 22.9 Å². The summed E-state index contributed by atoms with van der Waals surface area (Å²) in [6.07, 6.45) is -1.12. The predicted molar refractivity (Wildman–Crippen MR) is 102 cm³/mol. The van der Waals surface area contributed by atoms with Gasteiger partial charge in [-0.1, -0.05) is 0 Å². The van der Waals surface area contributed by atoms with Gasteiger partial charge in [0.05, 0.1) is 6.04 Å². The molecular weight excluding hydrogens is 383 g/mol. The maximum atomic E-state index is 14.2. The fourth-order valence-electron chi connectivity index (χ4n) is 2.52. The van der Waals surface area contributed by atoms with Crippen LogP contribution >= 0.6 is 0 Å². The largest absolute Gasteiger partial charge is 0.491 e. The molecule has 1 amide bonds. The molecule has 1 atom stereocenters. The van der Waals surface area contributed by atoms with Crippen LogP contribution in [0.4, 0.5) is 9.18 Å². The van der Waals surface area contributed by atoms with E-state index in [-0.39, 0.29) is 36.7 Å². The van der Waals surface area contributed by atoms with Gasteiger partial charge in [0.1, 0.15) is 24.5 Å². The fraction of sp³-hybridized carbons (Fsp3) is 0.250. The zero-order valence-corrected chi connectivity index (χ0v) is 15.8. The van der Waals surface area contributed by atoms with Crippen LogP contribution in [-0.2, 0) is 4.79 Å². The number of carbonyl (C=O) groups excluding carboxylic acids is 1. The van der Waals surface area contributed by atoms with E-state index in [1.165, 1.54) is 19.1 Å². The molecule has 3 aromatic rings. The molecule has 3 rings (SSSR count). The first-order valence-corrected chi connectivity index (χ1v) is 8.77. The fourth-order valence-corrected chi connectivity index (χ4v) is 2.52. The van der Waals surface area contributed by atoms with E-state index in [1.807, 2.05) is 0 Å². The highest BCUT2D eigenvalue weighted by atomic mass is 19.1. The molecule has 0 radical (unpaired) electrons. The lowest BCUT2D eigenvalue weighted by molar-refractivity contribution is -0.118. The van der Waals surface area contributed by atoms with E-state index < -0.39 is 11.9 Å². The lowest BCUT2D eigenvalue weighted by atomic mass is 10.2. The Labute approximate surface area is 165 Å². The van der Waals surface area contributed by atoms with Crippen molar-refractivity contribution in [3.63, 3.8) is 0 Å². The highest BCUT2D eigenvalue weighted by molar-refractivity contribution is 5.78. The van der Waals surface area contributed by atoms with Crippen LogP contribution in [-0.4, -0.2) is 41.2 Å². The van der Waals surface area contributed by atoms with Gasteiger partial charge in [-0.2, -0.15) is 0 Å². The highest BCUT2D eigenvalue weighted by Crippen LogP contribution is 2.29. The minimum absolute atomic E-state index is 0.0279. The molecule has 152 valence electrons. The Hall–Kier alpha value is -3.62. The summed E-state index contributed by atoms with van der Waals surface area (Å²) in [6.45, 7) is 2.97. The van der Waals surface area contributed by atoms with E-state index >= 15 is 0 Å². The van der Waals surface area contributed by atoms with E-state index in [1.54, 1.807) is 31.2 Å². The van der Waals surface area contributed by atoms with Crippen molar-refractivity contribution in [2.75, 3.05) is 13.2 Å². The van der Waals surface area contributed by atoms with Crippen LogP contribution in [0.1, 0.15) is 13.8 Å². The molecule has 0 aliphatic rings. The first kappa shape index (κ1) is 20.1. The number of oxazole rings is 1. The molecular formula is C20H19FN2O6. The number of nitrogens with zero attached hydrogens (tertiary/aromatic N) is 1. The number of benzene rings is 2. The molecule has 2 aromatic carbocycles. The molecule has 9 heteroatoms. The second-order valence-corrected chi connectivity index (χ2v) is 6.45. The molecule has 0 aliphatic heterocycles. The number of ether oxygens (including phenoxy) is 2. The van der Waals surface area contributed by atoms with E-state index in [2.05, 4.69) is 10.3 Å². The van der Waals surface area contributed by atoms with Crippen LogP contribution in [0.3, 0.4) is 0 Å². The quantitative estimate of drug-likeness (QED) is 0.592. The van der Waals surface area contributed by atoms with Crippen LogP contribution in [0.15, 0.2) is 40.8 Å². The SMILES string of the molecule is CC(=O)COc1ccc(-c2nc3ccc(OC[C@H](C)NC(=O)O)cc3o2)cc1F. The number of carbonyl (C=O) groups is 2. The number of ketones is 1. The standard InChI is InChI=1S/C20H19FN2O6/c1-11(22-20(25)26)9-27-14-4-5-16-18(8-14)29-19(23-16)13-3-6-17(15(21)7-13)28-10-12(2)24/h3-8,11,22H,9-10H2,1-2H3,(H,25,26)/t11-/m0/s1. The molecule has 8 nitrogen and oxygen atoms in total. The van der Waals surface area contributed by atoms with Crippen molar-refractivity contribution >= 4 is 23.0 Å². The number of halogens is 1. The average Bonchev–Trinajstić information content (AvgIpc) is 3.08. The Morgan fingerprint density at radius 3 is 2.72 bits per heavy atom. The van der Waals surface area contributed by atoms with Crippen LogP contribution in [0.25, 0.3) is 22.6 Å². The van der Waals surface area contributed by atoms with E-state index in [0.29, 0.717) is 22.4 Å². The molecule has 0 fully saturated rings. The monoisotopic (exact) mass is 402 g/mol. The molecule has 1 aromatic heterocycles. The zero-order chi connectivity index (χ0) is 21.0. The summed E-state index contributed by atoms with van der Waals surface area (Å²) in [7, 11) is 0. The number of Topliss-reactive ketones (excluding diaryl/α,β-unsaturated/α-hetero) is 1. The summed E-state index contributed by atoms with van der Waals surface area (Å²) in [6, 6.07) is 8.82. The van der Waals surface area contributed by atoms with E-state index in [0.717, 1.165) is 0 Å². The number of nitrogens with one attached hydrogen (secondary N) is 1. The molecule has 0 spiro atoms. The number of carboxylic acid groups (broad SMARTS) is 1. The van der Waals surface area contributed by atoms with Crippen LogP contribution in [0, 0.1) is 5.82 Å². The third kappa shape index (κ3) is 5.22. The Morgan fingerprint density at radius 2 is 2.03 bits per heavy atom. The maximum absolute atomic E-state index is 14.2.